The molecule has 0 spiro atoms. The second kappa shape index (κ2) is 9.77. The molecule has 166 valence electrons. The molecule has 0 saturated carbocycles. The summed E-state index contributed by atoms with van der Waals surface area (Å²) in [5, 5.41) is 0. The van der Waals surface area contributed by atoms with Crippen molar-refractivity contribution in [3.05, 3.63) is 35.9 Å². The van der Waals surface area contributed by atoms with Gasteiger partial charge in [-0.25, -0.2) is 0 Å². The molecule has 30 heavy (non-hydrogen) atoms. The van der Waals surface area contributed by atoms with Gasteiger partial charge >= 0.3 is 0 Å². The van der Waals surface area contributed by atoms with E-state index in [0.717, 1.165) is 32.4 Å². The summed E-state index contributed by atoms with van der Waals surface area (Å²) < 4.78 is 33.9. The van der Waals surface area contributed by atoms with Crippen molar-refractivity contribution < 1.29 is 17.9 Å². The Balaban J connectivity index is 1.24. The number of morpholine rings is 1. The van der Waals surface area contributed by atoms with Gasteiger partial charge in [0, 0.05) is 45.2 Å². The summed E-state index contributed by atoms with van der Waals surface area (Å²) >= 11 is 0. The summed E-state index contributed by atoms with van der Waals surface area (Å²) in [5.74, 6) is 0.806. The van der Waals surface area contributed by atoms with Crippen molar-refractivity contribution in [2.45, 2.75) is 32.1 Å². The second-order valence-corrected chi connectivity index (χ2v) is 10.6. The predicted octanol–water partition coefficient (Wildman–Crippen LogP) is 1.76. The van der Waals surface area contributed by atoms with Crippen LogP contribution in [0.25, 0.3) is 0 Å². The fourth-order valence-electron chi connectivity index (χ4n) is 4.84. The largest absolute Gasteiger partial charge is 0.379 e. The quantitative estimate of drug-likeness (QED) is 0.707. The molecule has 3 saturated heterocycles. The Morgan fingerprint density at radius 2 is 1.47 bits per heavy atom. The third-order valence-electron chi connectivity index (χ3n) is 6.72. The van der Waals surface area contributed by atoms with Crippen LogP contribution in [0.3, 0.4) is 0 Å². The molecule has 0 radical (unpaired) electrons. The number of ether oxygens (including phenoxy) is 1. The minimum absolute atomic E-state index is 0.0492. The number of hydrogen-bond donors (Lipinski definition) is 0. The van der Waals surface area contributed by atoms with Crippen LogP contribution in [0, 0.1) is 11.8 Å². The van der Waals surface area contributed by atoms with Crippen LogP contribution >= 0.6 is 0 Å². The zero-order valence-corrected chi connectivity index (χ0v) is 18.4. The number of benzene rings is 1. The van der Waals surface area contributed by atoms with Crippen LogP contribution in [0.2, 0.25) is 0 Å². The second-order valence-electron chi connectivity index (χ2n) is 8.65. The lowest BCUT2D eigenvalue weighted by Gasteiger charge is -2.38. The highest BCUT2D eigenvalue weighted by Crippen LogP contribution is 2.27. The molecule has 3 heterocycles. The van der Waals surface area contributed by atoms with Gasteiger partial charge in [-0.05, 0) is 43.6 Å². The van der Waals surface area contributed by atoms with E-state index < -0.39 is 10.2 Å². The van der Waals surface area contributed by atoms with Gasteiger partial charge in [0.25, 0.3) is 10.2 Å². The van der Waals surface area contributed by atoms with Crippen LogP contribution in [0.4, 0.5) is 0 Å². The fourth-order valence-corrected chi connectivity index (χ4v) is 6.45. The standard InChI is InChI=1S/C22H33N3O4S/c26-22(23-10-6-20(7-11-23)18-19-4-2-1-3-5-19)21-8-12-24(13-9-21)30(27,28)25-14-16-29-17-15-25/h1-5,20-21H,6-18H2. The molecule has 1 aromatic carbocycles. The summed E-state index contributed by atoms with van der Waals surface area (Å²) in [6, 6.07) is 10.6. The van der Waals surface area contributed by atoms with E-state index in [1.807, 2.05) is 11.0 Å². The maximum Gasteiger partial charge on any atom is 0.282 e. The van der Waals surface area contributed by atoms with Gasteiger partial charge in [-0.3, -0.25) is 4.79 Å². The smallest absolute Gasteiger partial charge is 0.282 e. The lowest BCUT2D eigenvalue weighted by molar-refractivity contribution is -0.138. The third-order valence-corrected chi connectivity index (χ3v) is 8.75. The Kier molecular flexibility index (Phi) is 7.08. The van der Waals surface area contributed by atoms with Crippen molar-refractivity contribution >= 4 is 16.1 Å². The van der Waals surface area contributed by atoms with Gasteiger partial charge in [0.1, 0.15) is 0 Å². The summed E-state index contributed by atoms with van der Waals surface area (Å²) in [5.41, 5.74) is 1.37. The Hall–Kier alpha value is -1.48. The SMILES string of the molecule is O=C(C1CCN(S(=O)(=O)N2CCOCC2)CC1)N1CCC(Cc2ccccc2)CC1. The van der Waals surface area contributed by atoms with Gasteiger partial charge in [0.2, 0.25) is 5.91 Å². The van der Waals surface area contributed by atoms with Crippen molar-refractivity contribution in [1.29, 1.82) is 0 Å². The average Bonchev–Trinajstić information content (AvgIpc) is 2.80. The Morgan fingerprint density at radius 1 is 0.867 bits per heavy atom. The molecule has 0 aliphatic carbocycles. The van der Waals surface area contributed by atoms with E-state index in [4.69, 9.17) is 4.74 Å². The summed E-state index contributed by atoms with van der Waals surface area (Å²) in [6.07, 6.45) is 4.41. The highest BCUT2D eigenvalue weighted by Gasteiger charge is 2.37. The van der Waals surface area contributed by atoms with E-state index in [2.05, 4.69) is 24.3 Å². The number of piperidine rings is 2. The van der Waals surface area contributed by atoms with Gasteiger partial charge in [0.15, 0.2) is 0 Å². The normalized spacial score (nSPS) is 23.5. The van der Waals surface area contributed by atoms with Crippen molar-refractivity contribution in [1.82, 2.24) is 13.5 Å². The molecular formula is C22H33N3O4S. The number of rotatable bonds is 5. The van der Waals surface area contributed by atoms with Gasteiger partial charge in [0.05, 0.1) is 13.2 Å². The first-order valence-corrected chi connectivity index (χ1v) is 12.6. The van der Waals surface area contributed by atoms with Crippen molar-refractivity contribution in [3.8, 4) is 0 Å². The molecule has 0 aromatic heterocycles. The first-order valence-electron chi connectivity index (χ1n) is 11.2. The van der Waals surface area contributed by atoms with Crippen LogP contribution in [0.5, 0.6) is 0 Å². The Bertz CT molecular complexity index is 795. The van der Waals surface area contributed by atoms with Crippen LogP contribution in [0.15, 0.2) is 30.3 Å². The summed E-state index contributed by atoms with van der Waals surface area (Å²) in [6.45, 7) is 4.24. The lowest BCUT2D eigenvalue weighted by Crippen LogP contribution is -2.52. The molecule has 8 heteroatoms. The molecular weight excluding hydrogens is 402 g/mol. The summed E-state index contributed by atoms with van der Waals surface area (Å²) in [7, 11) is -3.43. The zero-order valence-electron chi connectivity index (χ0n) is 17.6. The Morgan fingerprint density at radius 3 is 2.10 bits per heavy atom. The highest BCUT2D eigenvalue weighted by atomic mass is 32.2. The fraction of sp³-hybridized carbons (Fsp3) is 0.682. The molecule has 0 N–H and O–H groups in total. The number of carbonyl (C=O) groups excluding carboxylic acids is 1. The molecule has 4 rings (SSSR count). The zero-order chi connectivity index (χ0) is 21.0. The van der Waals surface area contributed by atoms with Gasteiger partial charge in [-0.2, -0.15) is 17.0 Å². The van der Waals surface area contributed by atoms with Crippen LogP contribution < -0.4 is 0 Å². The van der Waals surface area contributed by atoms with Crippen LogP contribution in [0.1, 0.15) is 31.2 Å². The number of hydrogen-bond acceptors (Lipinski definition) is 4. The highest BCUT2D eigenvalue weighted by molar-refractivity contribution is 7.86. The molecule has 1 aromatic rings. The minimum atomic E-state index is -3.43. The van der Waals surface area contributed by atoms with E-state index in [-0.39, 0.29) is 11.8 Å². The topological polar surface area (TPSA) is 70.2 Å². The van der Waals surface area contributed by atoms with Crippen LogP contribution in [-0.2, 0) is 26.2 Å². The molecule has 3 aliphatic rings. The lowest BCUT2D eigenvalue weighted by atomic mass is 9.89. The molecule has 3 fully saturated rings. The minimum Gasteiger partial charge on any atom is -0.379 e. The average molecular weight is 436 g/mol. The van der Waals surface area contributed by atoms with Crippen molar-refractivity contribution in [2.24, 2.45) is 11.8 Å². The van der Waals surface area contributed by atoms with E-state index in [0.29, 0.717) is 58.2 Å². The number of likely N-dealkylation sites (tertiary alicyclic amines) is 1. The maximum atomic E-state index is 13.0. The van der Waals surface area contributed by atoms with Gasteiger partial charge in [-0.1, -0.05) is 30.3 Å². The van der Waals surface area contributed by atoms with E-state index in [1.54, 1.807) is 4.31 Å². The number of carbonyl (C=O) groups is 1. The maximum absolute atomic E-state index is 13.0. The van der Waals surface area contributed by atoms with Gasteiger partial charge in [-0.15, -0.1) is 0 Å². The first kappa shape index (κ1) is 21.7. The number of amides is 1. The third kappa shape index (κ3) is 5.04. The molecule has 0 bridgehead atoms. The molecule has 0 atom stereocenters. The predicted molar refractivity (Wildman–Crippen MR) is 115 cm³/mol. The first-order chi connectivity index (χ1) is 14.5. The molecule has 1 amide bonds. The molecule has 3 aliphatic heterocycles. The van der Waals surface area contributed by atoms with Crippen LogP contribution in [-0.4, -0.2) is 80.3 Å². The van der Waals surface area contributed by atoms with Crippen molar-refractivity contribution in [3.63, 3.8) is 0 Å². The molecule has 0 unspecified atom stereocenters. The van der Waals surface area contributed by atoms with Gasteiger partial charge < -0.3 is 9.64 Å². The van der Waals surface area contributed by atoms with E-state index in [9.17, 15) is 13.2 Å². The van der Waals surface area contributed by atoms with E-state index in [1.165, 1.54) is 9.87 Å². The molecule has 7 nitrogen and oxygen atoms in total. The Labute approximate surface area is 180 Å². The number of nitrogens with zero attached hydrogens (tertiary/aromatic N) is 3. The van der Waals surface area contributed by atoms with E-state index >= 15 is 0 Å². The summed E-state index contributed by atoms with van der Waals surface area (Å²) in [4.78, 5) is 15.0. The van der Waals surface area contributed by atoms with Crippen molar-refractivity contribution in [2.75, 3.05) is 52.5 Å². The monoisotopic (exact) mass is 435 g/mol.